The number of nitrogens with one attached hydrogen (secondary N) is 1. The number of methoxy groups -OCH3 is 3. The number of alkyl halides is 3. The maximum atomic E-state index is 13.1. The van der Waals surface area contributed by atoms with E-state index in [9.17, 15) is 22.8 Å². The van der Waals surface area contributed by atoms with E-state index in [4.69, 9.17) is 19.3 Å². The minimum absolute atomic E-state index is 0.141. The van der Waals surface area contributed by atoms with Gasteiger partial charge in [0, 0.05) is 25.2 Å². The van der Waals surface area contributed by atoms with Gasteiger partial charge in [0.1, 0.15) is 5.75 Å². The Hall–Kier alpha value is -2.85. The van der Waals surface area contributed by atoms with Crippen molar-refractivity contribution in [1.82, 2.24) is 4.90 Å². The molecule has 0 spiro atoms. The molecular formula is C16H19F3N2O6. The SMILES string of the molecule is COc1cc(OC)c(OC)cc1NC(=O)N1C[C@@H](C(F)(F)F)[C@H](C(=O)O)C1. The van der Waals surface area contributed by atoms with Crippen LogP contribution >= 0.6 is 0 Å². The predicted molar refractivity (Wildman–Crippen MR) is 87.4 cm³/mol. The van der Waals surface area contributed by atoms with Gasteiger partial charge >= 0.3 is 18.2 Å². The quantitative estimate of drug-likeness (QED) is 0.799. The second kappa shape index (κ2) is 7.80. The van der Waals surface area contributed by atoms with E-state index >= 15 is 0 Å². The molecule has 1 saturated heterocycles. The standard InChI is InChI=1S/C16H19F3N2O6/c1-25-11-5-13(27-3)12(26-2)4-10(11)20-15(24)21-6-8(14(22)23)9(7-21)16(17,18)19/h4-5,8-9H,6-7H2,1-3H3,(H,20,24)(H,22,23)/t8-,9-/m1/s1. The molecule has 1 heterocycles. The molecule has 2 atom stereocenters. The summed E-state index contributed by atoms with van der Waals surface area (Å²) in [4.78, 5) is 24.3. The zero-order valence-electron chi connectivity index (χ0n) is 14.8. The fraction of sp³-hybridized carbons (Fsp3) is 0.500. The summed E-state index contributed by atoms with van der Waals surface area (Å²) in [5.41, 5.74) is 0.141. The van der Waals surface area contributed by atoms with Crippen LogP contribution in [-0.4, -0.2) is 62.6 Å². The first-order chi connectivity index (χ1) is 12.6. The zero-order chi connectivity index (χ0) is 20.4. The van der Waals surface area contributed by atoms with Gasteiger partial charge in [0.15, 0.2) is 11.5 Å². The summed E-state index contributed by atoms with van der Waals surface area (Å²) < 4.78 is 54.6. The average Bonchev–Trinajstić information content (AvgIpc) is 3.07. The predicted octanol–water partition coefficient (Wildman–Crippen LogP) is 2.44. The van der Waals surface area contributed by atoms with Crippen LogP contribution in [0.2, 0.25) is 0 Å². The van der Waals surface area contributed by atoms with Crippen molar-refractivity contribution in [3.05, 3.63) is 12.1 Å². The Balaban J connectivity index is 2.23. The number of ether oxygens (including phenoxy) is 3. The first-order valence-corrected chi connectivity index (χ1v) is 7.77. The summed E-state index contributed by atoms with van der Waals surface area (Å²) >= 11 is 0. The van der Waals surface area contributed by atoms with Gasteiger partial charge in [-0.15, -0.1) is 0 Å². The lowest BCUT2D eigenvalue weighted by molar-refractivity contribution is -0.187. The van der Waals surface area contributed by atoms with Crippen molar-refractivity contribution in [2.75, 3.05) is 39.7 Å². The number of benzene rings is 1. The summed E-state index contributed by atoms with van der Waals surface area (Å²) in [7, 11) is 4.12. The van der Waals surface area contributed by atoms with Crippen molar-refractivity contribution in [2.45, 2.75) is 6.18 Å². The Bertz CT molecular complexity index is 725. The van der Waals surface area contributed by atoms with Crippen molar-refractivity contribution in [2.24, 2.45) is 11.8 Å². The smallest absolute Gasteiger partial charge is 0.394 e. The average molecular weight is 392 g/mol. The van der Waals surface area contributed by atoms with Crippen LogP contribution in [0.3, 0.4) is 0 Å². The number of carboxylic acids is 1. The molecule has 8 nitrogen and oxygen atoms in total. The second-order valence-electron chi connectivity index (χ2n) is 5.84. The number of halogens is 3. The van der Waals surface area contributed by atoms with Crippen LogP contribution < -0.4 is 19.5 Å². The lowest BCUT2D eigenvalue weighted by atomic mass is 9.96. The molecule has 1 fully saturated rings. The number of carboxylic acid groups (broad SMARTS) is 1. The number of carbonyl (C=O) groups is 2. The van der Waals surface area contributed by atoms with Crippen LogP contribution in [0, 0.1) is 11.8 Å². The van der Waals surface area contributed by atoms with E-state index in [-0.39, 0.29) is 17.2 Å². The molecule has 0 bridgehead atoms. The zero-order valence-corrected chi connectivity index (χ0v) is 14.8. The van der Waals surface area contributed by atoms with Crippen LogP contribution in [0.25, 0.3) is 0 Å². The van der Waals surface area contributed by atoms with Gasteiger partial charge in [-0.2, -0.15) is 13.2 Å². The van der Waals surface area contributed by atoms with Gasteiger partial charge in [-0.25, -0.2) is 4.79 Å². The minimum Gasteiger partial charge on any atom is -0.494 e. The van der Waals surface area contributed by atoms with Gasteiger partial charge in [0.05, 0.1) is 38.9 Å². The highest BCUT2D eigenvalue weighted by molar-refractivity contribution is 5.92. The second-order valence-corrected chi connectivity index (χ2v) is 5.84. The van der Waals surface area contributed by atoms with Crippen molar-refractivity contribution < 1.29 is 42.1 Å². The van der Waals surface area contributed by atoms with E-state index in [1.54, 1.807) is 0 Å². The first kappa shape index (κ1) is 20.5. The number of likely N-dealkylation sites (tertiary alicyclic amines) is 1. The molecule has 150 valence electrons. The molecule has 2 amide bonds. The third-order valence-electron chi connectivity index (χ3n) is 4.29. The highest BCUT2D eigenvalue weighted by Gasteiger charge is 2.53. The van der Waals surface area contributed by atoms with Gasteiger partial charge in [-0.1, -0.05) is 0 Å². The molecule has 0 unspecified atom stereocenters. The number of urea groups is 1. The normalized spacial score (nSPS) is 19.6. The first-order valence-electron chi connectivity index (χ1n) is 7.77. The highest BCUT2D eigenvalue weighted by Crippen LogP contribution is 2.40. The van der Waals surface area contributed by atoms with E-state index in [1.165, 1.54) is 33.5 Å². The fourth-order valence-electron chi connectivity index (χ4n) is 2.87. The lowest BCUT2D eigenvalue weighted by Crippen LogP contribution is -2.35. The van der Waals surface area contributed by atoms with E-state index in [0.717, 1.165) is 4.90 Å². The van der Waals surface area contributed by atoms with Crippen LogP contribution in [0.1, 0.15) is 0 Å². The number of anilines is 1. The van der Waals surface area contributed by atoms with Crippen molar-refractivity contribution in [3.63, 3.8) is 0 Å². The van der Waals surface area contributed by atoms with Crippen LogP contribution in [0.15, 0.2) is 12.1 Å². The van der Waals surface area contributed by atoms with E-state index in [1.807, 2.05) is 0 Å². The molecule has 27 heavy (non-hydrogen) atoms. The van der Waals surface area contributed by atoms with Crippen molar-refractivity contribution >= 4 is 17.7 Å². The maximum absolute atomic E-state index is 13.1. The number of hydrogen-bond donors (Lipinski definition) is 2. The molecule has 1 aromatic rings. The summed E-state index contributed by atoms with van der Waals surface area (Å²) in [5.74, 6) is -4.65. The maximum Gasteiger partial charge on any atom is 0.394 e. The molecular weight excluding hydrogens is 373 g/mol. The summed E-state index contributed by atoms with van der Waals surface area (Å²) in [6, 6.07) is 1.96. The van der Waals surface area contributed by atoms with Gasteiger partial charge in [-0.3, -0.25) is 4.79 Å². The molecule has 1 aliphatic rings. The van der Waals surface area contributed by atoms with E-state index in [2.05, 4.69) is 5.32 Å². The Kier molecular flexibility index (Phi) is 5.91. The number of hydrogen-bond acceptors (Lipinski definition) is 5. The van der Waals surface area contributed by atoms with Crippen LogP contribution in [0.5, 0.6) is 17.2 Å². The summed E-state index contributed by atoms with van der Waals surface area (Å²) in [6.45, 7) is -1.30. The molecule has 1 aromatic carbocycles. The highest BCUT2D eigenvalue weighted by atomic mass is 19.4. The van der Waals surface area contributed by atoms with Crippen LogP contribution in [-0.2, 0) is 4.79 Å². The van der Waals surface area contributed by atoms with Crippen LogP contribution in [0.4, 0.5) is 23.7 Å². The lowest BCUT2D eigenvalue weighted by Gasteiger charge is -2.20. The molecule has 0 aromatic heterocycles. The fourth-order valence-corrected chi connectivity index (χ4v) is 2.87. The van der Waals surface area contributed by atoms with Crippen molar-refractivity contribution in [1.29, 1.82) is 0 Å². The minimum atomic E-state index is -4.72. The molecule has 1 aliphatic heterocycles. The molecule has 11 heteroatoms. The Morgan fingerprint density at radius 3 is 2.07 bits per heavy atom. The van der Waals surface area contributed by atoms with Gasteiger partial charge < -0.3 is 29.5 Å². The number of aliphatic carboxylic acids is 1. The Labute approximate surface area is 152 Å². The molecule has 0 radical (unpaired) electrons. The number of carbonyl (C=O) groups excluding carboxylic acids is 1. The molecule has 0 aliphatic carbocycles. The third kappa shape index (κ3) is 4.29. The topological polar surface area (TPSA) is 97.3 Å². The largest absolute Gasteiger partial charge is 0.494 e. The van der Waals surface area contributed by atoms with E-state index < -0.39 is 43.1 Å². The third-order valence-corrected chi connectivity index (χ3v) is 4.29. The van der Waals surface area contributed by atoms with Gasteiger partial charge in [-0.05, 0) is 0 Å². The monoisotopic (exact) mass is 392 g/mol. The van der Waals surface area contributed by atoms with Gasteiger partial charge in [0.25, 0.3) is 0 Å². The number of rotatable bonds is 5. The summed E-state index contributed by atoms with van der Waals surface area (Å²) in [5, 5.41) is 11.5. The van der Waals surface area contributed by atoms with E-state index in [0.29, 0.717) is 5.75 Å². The molecule has 2 N–H and O–H groups in total. The molecule has 2 rings (SSSR count). The Morgan fingerprint density at radius 1 is 1.07 bits per heavy atom. The number of nitrogens with zero attached hydrogens (tertiary/aromatic N) is 1. The van der Waals surface area contributed by atoms with Gasteiger partial charge in [0.2, 0.25) is 0 Å². The van der Waals surface area contributed by atoms with Crippen molar-refractivity contribution in [3.8, 4) is 17.2 Å². The summed E-state index contributed by atoms with van der Waals surface area (Å²) in [6.07, 6.45) is -4.72. The molecule has 0 saturated carbocycles. The number of amides is 2. The Morgan fingerprint density at radius 2 is 1.63 bits per heavy atom.